The van der Waals surface area contributed by atoms with Crippen molar-refractivity contribution in [1.29, 1.82) is 0 Å². The maximum atomic E-state index is 5.44. The van der Waals surface area contributed by atoms with Crippen LogP contribution in [0, 0.1) is 0 Å². The van der Waals surface area contributed by atoms with Gasteiger partial charge in [0.05, 0.1) is 22.6 Å². The van der Waals surface area contributed by atoms with Gasteiger partial charge in [-0.25, -0.2) is 15.0 Å². The van der Waals surface area contributed by atoms with Crippen LogP contribution in [0.4, 0.5) is 0 Å². The predicted octanol–water partition coefficient (Wildman–Crippen LogP) is 11.7. The fourth-order valence-electron chi connectivity index (χ4n) is 6.76. The molecule has 3 nitrogen and oxygen atoms in total. The van der Waals surface area contributed by atoms with Crippen LogP contribution >= 0.6 is 0 Å². The Bertz CT molecular complexity index is 2540. The summed E-state index contributed by atoms with van der Waals surface area (Å²) in [6, 6.07) is 61.4. The average molecular weight is 612 g/mol. The van der Waals surface area contributed by atoms with Crippen LogP contribution in [0.1, 0.15) is 0 Å². The molecule has 0 atom stereocenters. The highest BCUT2D eigenvalue weighted by atomic mass is 14.9. The van der Waals surface area contributed by atoms with Gasteiger partial charge in [-0.05, 0) is 28.5 Å². The van der Waals surface area contributed by atoms with Crippen molar-refractivity contribution >= 4 is 32.4 Å². The maximum Gasteiger partial charge on any atom is 0.160 e. The molecule has 0 aliphatic rings. The Kier molecular flexibility index (Phi) is 6.80. The van der Waals surface area contributed by atoms with E-state index in [0.29, 0.717) is 5.82 Å². The summed E-state index contributed by atoms with van der Waals surface area (Å²) < 4.78 is 0. The Labute approximate surface area is 278 Å². The van der Waals surface area contributed by atoms with Gasteiger partial charge in [-0.2, -0.15) is 0 Å². The van der Waals surface area contributed by atoms with E-state index in [1.807, 2.05) is 36.4 Å². The Hall–Kier alpha value is -6.45. The molecule has 48 heavy (non-hydrogen) atoms. The quantitative estimate of drug-likeness (QED) is 0.182. The van der Waals surface area contributed by atoms with E-state index < -0.39 is 0 Å². The molecule has 0 N–H and O–H groups in total. The van der Waals surface area contributed by atoms with E-state index in [-0.39, 0.29) is 0 Å². The summed E-state index contributed by atoms with van der Waals surface area (Å²) in [6.45, 7) is 0. The molecule has 0 aliphatic carbocycles. The van der Waals surface area contributed by atoms with E-state index in [1.54, 1.807) is 0 Å². The van der Waals surface area contributed by atoms with E-state index in [2.05, 4.69) is 140 Å². The lowest BCUT2D eigenvalue weighted by molar-refractivity contribution is 1.18. The molecule has 0 saturated heterocycles. The molecule has 0 unspecified atom stereocenters. The number of hydrogen-bond acceptors (Lipinski definition) is 3. The molecule has 9 rings (SSSR count). The Morgan fingerprint density at radius 3 is 1.69 bits per heavy atom. The van der Waals surface area contributed by atoms with Gasteiger partial charge in [0, 0.05) is 44.0 Å². The Morgan fingerprint density at radius 1 is 0.333 bits per heavy atom. The number of fused-ring (bicyclic) bond motifs is 5. The smallest absolute Gasteiger partial charge is 0.160 e. The minimum atomic E-state index is 0.704. The van der Waals surface area contributed by atoms with Gasteiger partial charge >= 0.3 is 0 Å². The molecular weight excluding hydrogens is 583 g/mol. The van der Waals surface area contributed by atoms with Crippen molar-refractivity contribution in [2.45, 2.75) is 0 Å². The number of para-hydroxylation sites is 1. The molecule has 3 heteroatoms. The van der Waals surface area contributed by atoms with Crippen LogP contribution in [0.2, 0.25) is 0 Å². The fourth-order valence-corrected chi connectivity index (χ4v) is 6.76. The molecule has 7 aromatic carbocycles. The van der Waals surface area contributed by atoms with Crippen LogP contribution in [0.15, 0.2) is 176 Å². The number of pyridine rings is 1. The third-order valence-corrected chi connectivity index (χ3v) is 9.06. The second-order valence-corrected chi connectivity index (χ2v) is 12.0. The first-order valence-corrected chi connectivity index (χ1v) is 16.2. The van der Waals surface area contributed by atoms with Crippen molar-refractivity contribution in [3.63, 3.8) is 0 Å². The monoisotopic (exact) mass is 611 g/mol. The van der Waals surface area contributed by atoms with Crippen molar-refractivity contribution < 1.29 is 0 Å². The van der Waals surface area contributed by atoms with Gasteiger partial charge in [-0.15, -0.1) is 0 Å². The Balaban J connectivity index is 1.27. The lowest BCUT2D eigenvalue weighted by Crippen LogP contribution is -1.96. The predicted molar refractivity (Wildman–Crippen MR) is 200 cm³/mol. The normalized spacial score (nSPS) is 11.3. The summed E-state index contributed by atoms with van der Waals surface area (Å²) in [6.07, 6.45) is 0. The van der Waals surface area contributed by atoms with Crippen molar-refractivity contribution in [1.82, 2.24) is 15.0 Å². The van der Waals surface area contributed by atoms with Crippen molar-refractivity contribution in [2.24, 2.45) is 0 Å². The molecular formula is C45H29N3. The summed E-state index contributed by atoms with van der Waals surface area (Å²) in [5.41, 5.74) is 10.1. The number of aromatic nitrogens is 3. The Morgan fingerprint density at radius 2 is 0.917 bits per heavy atom. The zero-order valence-electron chi connectivity index (χ0n) is 26.1. The summed E-state index contributed by atoms with van der Waals surface area (Å²) >= 11 is 0. The fraction of sp³-hybridized carbons (Fsp3) is 0. The topological polar surface area (TPSA) is 38.7 Å². The lowest BCUT2D eigenvalue weighted by Gasteiger charge is -2.15. The lowest BCUT2D eigenvalue weighted by atomic mass is 9.92. The van der Waals surface area contributed by atoms with Gasteiger partial charge in [-0.1, -0.05) is 164 Å². The zero-order chi connectivity index (χ0) is 31.9. The van der Waals surface area contributed by atoms with Gasteiger partial charge < -0.3 is 0 Å². The van der Waals surface area contributed by atoms with E-state index in [0.717, 1.165) is 66.8 Å². The van der Waals surface area contributed by atoms with E-state index in [4.69, 9.17) is 15.0 Å². The van der Waals surface area contributed by atoms with Crippen LogP contribution in [0.3, 0.4) is 0 Å². The van der Waals surface area contributed by atoms with Crippen molar-refractivity contribution in [3.8, 4) is 56.3 Å². The van der Waals surface area contributed by atoms with Gasteiger partial charge in [0.25, 0.3) is 0 Å². The summed E-state index contributed by atoms with van der Waals surface area (Å²) in [5.74, 6) is 0.704. The zero-order valence-corrected chi connectivity index (χ0v) is 26.1. The first kappa shape index (κ1) is 27.8. The highest BCUT2D eigenvalue weighted by molar-refractivity contribution is 6.23. The minimum absolute atomic E-state index is 0.704. The molecule has 0 fully saturated rings. The summed E-state index contributed by atoms with van der Waals surface area (Å²) in [5, 5.41) is 5.97. The third kappa shape index (κ3) is 4.90. The van der Waals surface area contributed by atoms with E-state index >= 15 is 0 Å². The molecule has 0 radical (unpaired) electrons. The molecule has 224 valence electrons. The standard InChI is InChI=1S/C45H29N3/c1-4-15-31(16-5-1)40-29-41(47-45(46-40)33-19-8-3-9-20-33)35-22-12-21-34(28-35)37-24-13-25-38-42-36-23-11-10-14-30(36)26-27-39(42)43(48-44(37)38)32-17-6-2-7-18-32/h1-29H. The van der Waals surface area contributed by atoms with E-state index in [9.17, 15) is 0 Å². The van der Waals surface area contributed by atoms with Crippen molar-refractivity contribution in [3.05, 3.63) is 176 Å². The molecule has 0 bridgehead atoms. The molecule has 9 aromatic rings. The summed E-state index contributed by atoms with van der Waals surface area (Å²) in [4.78, 5) is 15.5. The molecule has 0 aliphatic heterocycles. The number of nitrogens with zero attached hydrogens (tertiary/aromatic N) is 3. The first-order valence-electron chi connectivity index (χ1n) is 16.2. The van der Waals surface area contributed by atoms with Crippen LogP contribution in [-0.4, -0.2) is 15.0 Å². The first-order chi connectivity index (χ1) is 23.8. The van der Waals surface area contributed by atoms with Crippen LogP contribution in [0.5, 0.6) is 0 Å². The largest absolute Gasteiger partial charge is 0.246 e. The average Bonchev–Trinajstić information content (AvgIpc) is 3.18. The maximum absolute atomic E-state index is 5.44. The third-order valence-electron chi connectivity index (χ3n) is 9.06. The van der Waals surface area contributed by atoms with Gasteiger partial charge in [0.2, 0.25) is 0 Å². The van der Waals surface area contributed by atoms with Crippen LogP contribution in [0.25, 0.3) is 88.7 Å². The molecule has 0 spiro atoms. The SMILES string of the molecule is c1ccc(-c2cc(-c3cccc(-c4cccc5c4nc(-c4ccccc4)c4ccc6ccccc6c45)c3)nc(-c3ccccc3)n2)cc1. The summed E-state index contributed by atoms with van der Waals surface area (Å²) in [7, 11) is 0. The van der Waals surface area contributed by atoms with E-state index in [1.165, 1.54) is 16.2 Å². The number of hydrogen-bond donors (Lipinski definition) is 0. The molecule has 0 saturated carbocycles. The van der Waals surface area contributed by atoms with Gasteiger partial charge in [-0.3, -0.25) is 0 Å². The van der Waals surface area contributed by atoms with Crippen LogP contribution in [-0.2, 0) is 0 Å². The highest BCUT2D eigenvalue weighted by Gasteiger charge is 2.17. The number of rotatable bonds is 5. The van der Waals surface area contributed by atoms with Gasteiger partial charge in [0.1, 0.15) is 0 Å². The van der Waals surface area contributed by atoms with Crippen LogP contribution < -0.4 is 0 Å². The van der Waals surface area contributed by atoms with Gasteiger partial charge in [0.15, 0.2) is 5.82 Å². The second kappa shape index (κ2) is 11.7. The highest BCUT2D eigenvalue weighted by Crippen LogP contribution is 2.40. The second-order valence-electron chi connectivity index (χ2n) is 12.0. The van der Waals surface area contributed by atoms with Crippen molar-refractivity contribution in [2.75, 3.05) is 0 Å². The minimum Gasteiger partial charge on any atom is -0.246 e. The molecule has 2 heterocycles. The molecule has 2 aromatic heterocycles. The number of benzene rings is 7. The molecule has 0 amide bonds.